The molecule has 4 aromatic rings. The van der Waals surface area contributed by atoms with E-state index in [1.54, 1.807) is 0 Å². The lowest BCUT2D eigenvalue weighted by Crippen LogP contribution is -2.24. The molecule has 164 valence electrons. The second-order valence-electron chi connectivity index (χ2n) is 7.89. The minimum absolute atomic E-state index is 0.0566. The second kappa shape index (κ2) is 10.6. The van der Waals surface area contributed by atoms with Crippen molar-refractivity contribution in [2.75, 3.05) is 13.2 Å². The first-order valence-corrected chi connectivity index (χ1v) is 12.5. The molecule has 0 bridgehead atoms. The molecule has 1 heterocycles. The van der Waals surface area contributed by atoms with Crippen LogP contribution in [0.1, 0.15) is 17.2 Å². The molecule has 0 N–H and O–H groups in total. The fourth-order valence-electron chi connectivity index (χ4n) is 4.03. The lowest BCUT2D eigenvalue weighted by molar-refractivity contribution is 0.142. The molecule has 3 nitrogen and oxygen atoms in total. The van der Waals surface area contributed by atoms with E-state index < -0.39 is 7.92 Å². The molecule has 0 saturated carbocycles. The topological polar surface area (TPSA) is 30.8 Å². The maximum atomic E-state index is 6.10. The van der Waals surface area contributed by atoms with E-state index >= 15 is 0 Å². The zero-order valence-electron chi connectivity index (χ0n) is 18.4. The minimum Gasteiger partial charge on any atom is -0.477 e. The average molecular weight is 452 g/mol. The van der Waals surface area contributed by atoms with Gasteiger partial charge in [-0.05, 0) is 35.0 Å². The Morgan fingerprint density at radius 2 is 1.27 bits per heavy atom. The number of nitrogens with zero attached hydrogens (tertiary/aromatic N) is 1. The molecule has 1 atom stereocenters. The monoisotopic (exact) mass is 451 g/mol. The van der Waals surface area contributed by atoms with Crippen molar-refractivity contribution in [3.8, 4) is 0 Å². The summed E-state index contributed by atoms with van der Waals surface area (Å²) in [4.78, 5) is 4.72. The van der Waals surface area contributed by atoms with E-state index in [0.717, 1.165) is 0 Å². The molecule has 0 unspecified atom stereocenters. The van der Waals surface area contributed by atoms with Gasteiger partial charge in [-0.3, -0.25) is 0 Å². The lowest BCUT2D eigenvalue weighted by atomic mass is 10.1. The molecule has 33 heavy (non-hydrogen) atoms. The molecule has 0 radical (unpaired) electrons. The summed E-state index contributed by atoms with van der Waals surface area (Å²) in [6, 6.07) is 40.4. The van der Waals surface area contributed by atoms with E-state index in [2.05, 4.69) is 97.1 Å². The predicted molar refractivity (Wildman–Crippen MR) is 137 cm³/mol. The Bertz CT molecular complexity index is 1160. The van der Waals surface area contributed by atoms with E-state index in [-0.39, 0.29) is 6.04 Å². The van der Waals surface area contributed by atoms with Crippen LogP contribution in [-0.4, -0.2) is 19.1 Å². The fourth-order valence-corrected chi connectivity index (χ4v) is 6.49. The van der Waals surface area contributed by atoms with Crippen molar-refractivity contribution in [1.82, 2.24) is 0 Å². The first kappa shape index (κ1) is 21.6. The van der Waals surface area contributed by atoms with Gasteiger partial charge in [-0.25, -0.2) is 4.99 Å². The van der Waals surface area contributed by atoms with Crippen LogP contribution in [0.5, 0.6) is 0 Å². The SMILES string of the molecule is c1ccc([C@@H]2COC(COCc3ccccc3P(c3ccccc3)c3ccccc3)=N2)cc1. The van der Waals surface area contributed by atoms with Crippen LogP contribution in [0.15, 0.2) is 120 Å². The van der Waals surface area contributed by atoms with E-state index in [9.17, 15) is 0 Å². The van der Waals surface area contributed by atoms with Gasteiger partial charge in [-0.2, -0.15) is 0 Å². The second-order valence-corrected chi connectivity index (χ2v) is 10.1. The summed E-state index contributed by atoms with van der Waals surface area (Å²) in [6.45, 7) is 1.48. The number of hydrogen-bond donors (Lipinski definition) is 0. The molecule has 1 aliphatic rings. The van der Waals surface area contributed by atoms with Crippen LogP contribution in [0, 0.1) is 0 Å². The van der Waals surface area contributed by atoms with Gasteiger partial charge in [0.25, 0.3) is 0 Å². The smallest absolute Gasteiger partial charge is 0.210 e. The Hall–Kier alpha value is -3.26. The molecule has 0 aliphatic carbocycles. The number of benzene rings is 4. The summed E-state index contributed by atoms with van der Waals surface area (Å²) in [7, 11) is -0.673. The van der Waals surface area contributed by atoms with Gasteiger partial charge in [0.05, 0.1) is 6.61 Å². The Balaban J connectivity index is 1.33. The van der Waals surface area contributed by atoms with Crippen LogP contribution >= 0.6 is 7.92 Å². The first-order valence-electron chi connectivity index (χ1n) is 11.2. The lowest BCUT2D eigenvalue weighted by Gasteiger charge is -2.22. The zero-order valence-corrected chi connectivity index (χ0v) is 19.3. The first-order chi connectivity index (χ1) is 16.4. The van der Waals surface area contributed by atoms with Gasteiger partial charge in [-0.15, -0.1) is 0 Å². The highest BCUT2D eigenvalue weighted by atomic mass is 31.1. The molecule has 0 spiro atoms. The van der Waals surface area contributed by atoms with Crippen molar-refractivity contribution < 1.29 is 9.47 Å². The number of hydrogen-bond acceptors (Lipinski definition) is 3. The van der Waals surface area contributed by atoms with Crippen molar-refractivity contribution >= 4 is 29.7 Å². The van der Waals surface area contributed by atoms with Gasteiger partial charge in [0.1, 0.15) is 19.3 Å². The standard InChI is InChI=1S/C29H26NO2P/c1-4-12-23(13-5-1)27-21-32-29(30-27)22-31-20-24-14-10-11-19-28(24)33(25-15-6-2-7-16-25)26-17-8-3-9-18-26/h1-19,27H,20-22H2/t27-/m0/s1. The molecule has 0 saturated heterocycles. The summed E-state index contributed by atoms with van der Waals surface area (Å²) in [5.74, 6) is 0.676. The molecule has 5 rings (SSSR count). The third kappa shape index (κ3) is 5.22. The molecular weight excluding hydrogens is 425 g/mol. The van der Waals surface area contributed by atoms with Gasteiger partial charge >= 0.3 is 0 Å². The molecule has 4 heteroatoms. The summed E-state index contributed by atoms with van der Waals surface area (Å²) < 4.78 is 11.9. The molecule has 1 aliphatic heterocycles. The zero-order chi connectivity index (χ0) is 22.3. The van der Waals surface area contributed by atoms with Crippen LogP contribution in [0.3, 0.4) is 0 Å². The van der Waals surface area contributed by atoms with Crippen LogP contribution in [-0.2, 0) is 16.1 Å². The number of ether oxygens (including phenoxy) is 2. The summed E-state index contributed by atoms with van der Waals surface area (Å²) in [5.41, 5.74) is 2.38. The van der Waals surface area contributed by atoms with Gasteiger partial charge in [0.2, 0.25) is 5.90 Å². The quantitative estimate of drug-likeness (QED) is 0.348. The van der Waals surface area contributed by atoms with E-state index in [4.69, 9.17) is 14.5 Å². The normalized spacial score (nSPS) is 15.3. The maximum absolute atomic E-state index is 6.10. The highest BCUT2D eigenvalue weighted by molar-refractivity contribution is 7.79. The van der Waals surface area contributed by atoms with Crippen LogP contribution in [0.2, 0.25) is 0 Å². The van der Waals surface area contributed by atoms with Gasteiger partial charge < -0.3 is 9.47 Å². The fraction of sp³-hybridized carbons (Fsp3) is 0.138. The molecular formula is C29H26NO2P. The Morgan fingerprint density at radius 3 is 1.94 bits per heavy atom. The highest BCUT2D eigenvalue weighted by Gasteiger charge is 2.22. The van der Waals surface area contributed by atoms with E-state index in [1.165, 1.54) is 27.0 Å². The molecule has 0 amide bonds. The van der Waals surface area contributed by atoms with Gasteiger partial charge in [-0.1, -0.05) is 115 Å². The van der Waals surface area contributed by atoms with Crippen molar-refractivity contribution in [3.63, 3.8) is 0 Å². The number of rotatable bonds is 8. The van der Waals surface area contributed by atoms with Crippen LogP contribution in [0.25, 0.3) is 0 Å². The van der Waals surface area contributed by atoms with Gasteiger partial charge in [0.15, 0.2) is 0 Å². The Kier molecular flexibility index (Phi) is 6.91. The molecule has 0 fully saturated rings. The third-order valence-electron chi connectivity index (χ3n) is 5.64. The van der Waals surface area contributed by atoms with Gasteiger partial charge in [0, 0.05) is 0 Å². The van der Waals surface area contributed by atoms with Crippen molar-refractivity contribution in [2.24, 2.45) is 4.99 Å². The highest BCUT2D eigenvalue weighted by Crippen LogP contribution is 2.34. The van der Waals surface area contributed by atoms with Crippen molar-refractivity contribution in [3.05, 3.63) is 126 Å². The van der Waals surface area contributed by atoms with Crippen molar-refractivity contribution in [1.29, 1.82) is 0 Å². The van der Waals surface area contributed by atoms with E-state index in [0.29, 0.717) is 25.7 Å². The Morgan fingerprint density at radius 1 is 0.697 bits per heavy atom. The summed E-state index contributed by atoms with van der Waals surface area (Å²) in [6.07, 6.45) is 0. The van der Waals surface area contributed by atoms with Crippen molar-refractivity contribution in [2.45, 2.75) is 12.6 Å². The maximum Gasteiger partial charge on any atom is 0.210 e. The largest absolute Gasteiger partial charge is 0.477 e. The summed E-state index contributed by atoms with van der Waals surface area (Å²) >= 11 is 0. The van der Waals surface area contributed by atoms with Crippen LogP contribution in [0.4, 0.5) is 0 Å². The minimum atomic E-state index is -0.673. The van der Waals surface area contributed by atoms with E-state index in [1.807, 2.05) is 18.2 Å². The molecule has 0 aromatic heterocycles. The average Bonchev–Trinajstić information content (AvgIpc) is 3.36. The molecule has 4 aromatic carbocycles. The number of aliphatic imine (C=N–C) groups is 1. The third-order valence-corrected chi connectivity index (χ3v) is 8.18. The predicted octanol–water partition coefficient (Wildman–Crippen LogP) is 5.13. The van der Waals surface area contributed by atoms with Crippen LogP contribution < -0.4 is 15.9 Å². The summed E-state index contributed by atoms with van der Waals surface area (Å²) in [5, 5.41) is 3.99. The Labute approximate surface area is 196 Å².